The lowest BCUT2D eigenvalue weighted by molar-refractivity contribution is -0.141. The first-order valence-corrected chi connectivity index (χ1v) is 7.90. The Kier molecular flexibility index (Phi) is 4.48. The molecule has 0 saturated carbocycles. The van der Waals surface area contributed by atoms with Gasteiger partial charge in [0, 0.05) is 11.6 Å². The molecule has 2 atom stereocenters. The lowest BCUT2D eigenvalue weighted by atomic mass is 9.85. The van der Waals surface area contributed by atoms with Crippen LogP contribution in [-0.2, 0) is 14.4 Å². The topological polar surface area (TPSA) is 63.7 Å². The lowest BCUT2D eigenvalue weighted by Gasteiger charge is -2.14. The van der Waals surface area contributed by atoms with Gasteiger partial charge in [0.15, 0.2) is 0 Å². The lowest BCUT2D eigenvalue weighted by Crippen LogP contribution is -2.33. The van der Waals surface area contributed by atoms with Crippen molar-refractivity contribution in [1.82, 2.24) is 4.90 Å². The van der Waals surface area contributed by atoms with Crippen molar-refractivity contribution in [3.63, 3.8) is 0 Å². The monoisotopic (exact) mass is 333 g/mol. The highest BCUT2D eigenvalue weighted by Crippen LogP contribution is 2.35. The molecule has 1 aromatic rings. The van der Waals surface area contributed by atoms with E-state index in [9.17, 15) is 14.4 Å². The highest BCUT2D eigenvalue weighted by atomic mass is 35.5. The van der Waals surface area contributed by atoms with E-state index in [2.05, 4.69) is 0 Å². The van der Waals surface area contributed by atoms with E-state index >= 15 is 0 Å². The van der Waals surface area contributed by atoms with Crippen molar-refractivity contribution in [2.45, 2.75) is 19.3 Å². The third kappa shape index (κ3) is 3.29. The number of hydrogen-bond acceptors (Lipinski definition) is 4. The number of carbonyl (C=O) groups is 3. The Labute approximate surface area is 138 Å². The first-order valence-electron chi connectivity index (χ1n) is 7.52. The molecule has 5 nitrogen and oxygen atoms in total. The Morgan fingerprint density at radius 3 is 2.22 bits per heavy atom. The van der Waals surface area contributed by atoms with Gasteiger partial charge in [0.05, 0.1) is 18.3 Å². The second kappa shape index (κ2) is 6.54. The molecule has 0 radical (unpaired) electrons. The van der Waals surface area contributed by atoms with Crippen LogP contribution >= 0.6 is 11.6 Å². The Morgan fingerprint density at radius 1 is 1.09 bits per heavy atom. The van der Waals surface area contributed by atoms with E-state index in [-0.39, 0.29) is 36.6 Å². The fraction of sp³-hybridized carbons (Fsp3) is 0.353. The molecular weight excluding hydrogens is 318 g/mol. The van der Waals surface area contributed by atoms with Gasteiger partial charge in [-0.15, -0.1) is 0 Å². The standard InChI is InChI=1S/C17H16ClNO4/c18-11-5-7-12(8-6-11)23-15(20)9-10-19-16(21)13-3-1-2-4-14(13)17(19)22/h1-2,5-8,13-14H,3-4,9-10H2/t13-,14+. The molecule has 6 heteroatoms. The molecule has 3 rings (SSSR count). The summed E-state index contributed by atoms with van der Waals surface area (Å²) in [6.07, 6.45) is 5.05. The van der Waals surface area contributed by atoms with E-state index in [1.807, 2.05) is 12.2 Å². The number of carbonyl (C=O) groups excluding carboxylic acids is 3. The van der Waals surface area contributed by atoms with Gasteiger partial charge in [-0.25, -0.2) is 0 Å². The van der Waals surface area contributed by atoms with Gasteiger partial charge in [0.25, 0.3) is 0 Å². The molecule has 2 amide bonds. The molecule has 1 fully saturated rings. The van der Waals surface area contributed by atoms with E-state index in [1.54, 1.807) is 24.3 Å². The van der Waals surface area contributed by atoms with Crippen molar-refractivity contribution < 1.29 is 19.1 Å². The summed E-state index contributed by atoms with van der Waals surface area (Å²) in [5, 5.41) is 0.550. The number of likely N-dealkylation sites (tertiary alicyclic amines) is 1. The molecule has 1 aliphatic heterocycles. The van der Waals surface area contributed by atoms with Crippen molar-refractivity contribution in [2.24, 2.45) is 11.8 Å². The number of ether oxygens (including phenoxy) is 1. The zero-order chi connectivity index (χ0) is 16.4. The highest BCUT2D eigenvalue weighted by molar-refractivity contribution is 6.30. The van der Waals surface area contributed by atoms with E-state index in [4.69, 9.17) is 16.3 Å². The fourth-order valence-corrected chi connectivity index (χ4v) is 3.10. The number of esters is 1. The molecule has 120 valence electrons. The largest absolute Gasteiger partial charge is 0.426 e. The van der Waals surface area contributed by atoms with Crippen LogP contribution in [-0.4, -0.2) is 29.2 Å². The number of rotatable bonds is 4. The third-order valence-electron chi connectivity index (χ3n) is 4.18. The van der Waals surface area contributed by atoms with Gasteiger partial charge in [0.2, 0.25) is 11.8 Å². The molecular formula is C17H16ClNO4. The van der Waals surface area contributed by atoms with Crippen LogP contribution < -0.4 is 4.74 Å². The molecule has 0 bridgehead atoms. The van der Waals surface area contributed by atoms with Gasteiger partial charge in [-0.05, 0) is 37.1 Å². The van der Waals surface area contributed by atoms with Crippen molar-refractivity contribution >= 4 is 29.4 Å². The first kappa shape index (κ1) is 15.7. The molecule has 1 heterocycles. The number of amides is 2. The number of halogens is 1. The fourth-order valence-electron chi connectivity index (χ4n) is 2.98. The Morgan fingerprint density at radius 2 is 1.65 bits per heavy atom. The molecule has 0 spiro atoms. The zero-order valence-corrected chi connectivity index (χ0v) is 13.2. The maximum absolute atomic E-state index is 12.3. The van der Waals surface area contributed by atoms with Crippen LogP contribution in [0.4, 0.5) is 0 Å². The molecule has 1 saturated heterocycles. The summed E-state index contributed by atoms with van der Waals surface area (Å²) in [5.74, 6) is -0.982. The Balaban J connectivity index is 1.56. The maximum Gasteiger partial charge on any atom is 0.312 e. The predicted octanol–water partition coefficient (Wildman–Crippen LogP) is 2.59. The molecule has 0 aromatic heterocycles. The summed E-state index contributed by atoms with van der Waals surface area (Å²) in [6.45, 7) is 0.0666. The second-order valence-electron chi connectivity index (χ2n) is 5.66. The Bertz CT molecular complexity index is 642. The van der Waals surface area contributed by atoms with Gasteiger partial charge in [-0.2, -0.15) is 0 Å². The predicted molar refractivity (Wildman–Crippen MR) is 83.8 cm³/mol. The van der Waals surface area contributed by atoms with Crippen LogP contribution in [0, 0.1) is 11.8 Å². The zero-order valence-electron chi connectivity index (χ0n) is 12.4. The number of hydrogen-bond donors (Lipinski definition) is 0. The molecule has 1 aromatic carbocycles. The number of fused-ring (bicyclic) bond motifs is 1. The van der Waals surface area contributed by atoms with Crippen molar-refractivity contribution in [3.8, 4) is 5.75 Å². The summed E-state index contributed by atoms with van der Waals surface area (Å²) in [5.41, 5.74) is 0. The quantitative estimate of drug-likeness (QED) is 0.368. The van der Waals surface area contributed by atoms with Crippen LogP contribution in [0.15, 0.2) is 36.4 Å². The molecule has 1 aliphatic carbocycles. The van der Waals surface area contributed by atoms with E-state index < -0.39 is 5.97 Å². The van der Waals surface area contributed by atoms with Crippen LogP contribution in [0.25, 0.3) is 0 Å². The minimum Gasteiger partial charge on any atom is -0.426 e. The molecule has 0 unspecified atom stereocenters. The second-order valence-corrected chi connectivity index (χ2v) is 6.10. The Hall–Kier alpha value is -2.14. The van der Waals surface area contributed by atoms with Crippen LogP contribution in [0.2, 0.25) is 5.02 Å². The SMILES string of the molecule is O=C(CCN1C(=O)[C@H]2CC=CC[C@H]2C1=O)Oc1ccc(Cl)cc1. The van der Waals surface area contributed by atoms with Gasteiger partial charge in [-0.3, -0.25) is 19.3 Å². The van der Waals surface area contributed by atoms with Gasteiger partial charge in [-0.1, -0.05) is 23.8 Å². The first-order chi connectivity index (χ1) is 11.1. The molecule has 23 heavy (non-hydrogen) atoms. The average molecular weight is 334 g/mol. The number of nitrogens with zero attached hydrogens (tertiary/aromatic N) is 1. The number of allylic oxidation sites excluding steroid dienone is 2. The average Bonchev–Trinajstić information content (AvgIpc) is 2.80. The highest BCUT2D eigenvalue weighted by Gasteiger charge is 2.46. The third-order valence-corrected chi connectivity index (χ3v) is 4.44. The van der Waals surface area contributed by atoms with Crippen molar-refractivity contribution in [1.29, 1.82) is 0 Å². The number of benzene rings is 1. The summed E-state index contributed by atoms with van der Waals surface area (Å²) in [4.78, 5) is 37.6. The summed E-state index contributed by atoms with van der Waals surface area (Å²) in [6, 6.07) is 6.42. The smallest absolute Gasteiger partial charge is 0.312 e. The van der Waals surface area contributed by atoms with Crippen LogP contribution in [0.5, 0.6) is 5.75 Å². The van der Waals surface area contributed by atoms with Crippen molar-refractivity contribution in [2.75, 3.05) is 6.54 Å². The minimum atomic E-state index is -0.485. The van der Waals surface area contributed by atoms with E-state index in [1.165, 1.54) is 4.90 Å². The van der Waals surface area contributed by atoms with E-state index in [0.717, 1.165) is 0 Å². The summed E-state index contributed by atoms with van der Waals surface area (Å²) >= 11 is 5.76. The van der Waals surface area contributed by atoms with Crippen molar-refractivity contribution in [3.05, 3.63) is 41.4 Å². The van der Waals surface area contributed by atoms with Crippen LogP contribution in [0.3, 0.4) is 0 Å². The summed E-state index contributed by atoms with van der Waals surface area (Å²) < 4.78 is 5.16. The molecule has 0 N–H and O–H groups in total. The van der Waals surface area contributed by atoms with Gasteiger partial charge >= 0.3 is 5.97 Å². The summed E-state index contributed by atoms with van der Waals surface area (Å²) in [7, 11) is 0. The van der Waals surface area contributed by atoms with Gasteiger partial charge in [0.1, 0.15) is 5.75 Å². The maximum atomic E-state index is 12.3. The molecule has 2 aliphatic rings. The van der Waals surface area contributed by atoms with Gasteiger partial charge < -0.3 is 4.74 Å². The number of imide groups is 1. The normalized spacial score (nSPS) is 23.1. The van der Waals surface area contributed by atoms with Crippen LogP contribution in [0.1, 0.15) is 19.3 Å². The minimum absolute atomic E-state index is 0.0209. The van der Waals surface area contributed by atoms with E-state index in [0.29, 0.717) is 23.6 Å².